The number of aromatic nitrogens is 3. The van der Waals surface area contributed by atoms with E-state index in [4.69, 9.17) is 5.73 Å². The lowest BCUT2D eigenvalue weighted by Gasteiger charge is -2.16. The van der Waals surface area contributed by atoms with Gasteiger partial charge >= 0.3 is 5.69 Å². The Morgan fingerprint density at radius 2 is 2.15 bits per heavy atom. The average molecular weight is 296 g/mol. The Bertz CT molecular complexity index is 637. The summed E-state index contributed by atoms with van der Waals surface area (Å²) < 4.78 is 15.4. The Balaban J connectivity index is 2.32. The first-order valence-corrected chi connectivity index (χ1v) is 7.20. The third kappa shape index (κ3) is 2.94. The van der Waals surface area contributed by atoms with E-state index in [2.05, 4.69) is 10.2 Å². The van der Waals surface area contributed by atoms with Gasteiger partial charge in [-0.25, -0.2) is 14.3 Å². The van der Waals surface area contributed by atoms with E-state index in [1.54, 1.807) is 18.2 Å². The highest BCUT2D eigenvalue weighted by Gasteiger charge is 2.20. The standard InChI is InChI=1S/C13H17FN4OS/c1-8(2)18-12(19)16-17-13(18)20-11(7-15)9-5-3-4-6-10(9)14/h3-6,8,11H,7,15H2,1-2H3,(H,16,19). The van der Waals surface area contributed by atoms with Crippen molar-refractivity contribution >= 4 is 11.8 Å². The van der Waals surface area contributed by atoms with Gasteiger partial charge in [-0.3, -0.25) is 4.57 Å². The van der Waals surface area contributed by atoms with Crippen molar-refractivity contribution in [2.24, 2.45) is 5.73 Å². The molecule has 1 aromatic heterocycles. The van der Waals surface area contributed by atoms with Crippen LogP contribution in [0.2, 0.25) is 0 Å². The normalized spacial score (nSPS) is 12.8. The van der Waals surface area contributed by atoms with Crippen molar-refractivity contribution in [3.63, 3.8) is 0 Å². The van der Waals surface area contributed by atoms with Crippen LogP contribution < -0.4 is 11.4 Å². The predicted octanol–water partition coefficient (Wildman–Crippen LogP) is 2.08. The fourth-order valence-electron chi connectivity index (χ4n) is 1.93. The van der Waals surface area contributed by atoms with Crippen molar-refractivity contribution in [3.05, 3.63) is 46.1 Å². The van der Waals surface area contributed by atoms with Gasteiger partial charge in [-0.05, 0) is 19.9 Å². The lowest BCUT2D eigenvalue weighted by Crippen LogP contribution is -2.20. The lowest BCUT2D eigenvalue weighted by atomic mass is 10.1. The second-order valence-corrected chi connectivity index (χ2v) is 5.81. The Hall–Kier alpha value is -1.60. The molecule has 0 aliphatic carbocycles. The van der Waals surface area contributed by atoms with Crippen LogP contribution in [0.15, 0.2) is 34.2 Å². The van der Waals surface area contributed by atoms with Crippen molar-refractivity contribution in [2.45, 2.75) is 30.3 Å². The second-order valence-electron chi connectivity index (χ2n) is 4.64. The molecule has 1 heterocycles. The van der Waals surface area contributed by atoms with Crippen LogP contribution >= 0.6 is 11.8 Å². The molecule has 0 aliphatic rings. The minimum Gasteiger partial charge on any atom is -0.329 e. The molecule has 0 aliphatic heterocycles. The Kier molecular flexibility index (Phi) is 4.61. The molecule has 0 spiro atoms. The number of aromatic amines is 1. The van der Waals surface area contributed by atoms with Gasteiger partial charge in [0.05, 0.1) is 5.25 Å². The number of hydrogen-bond acceptors (Lipinski definition) is 4. The molecule has 1 unspecified atom stereocenters. The zero-order valence-corrected chi connectivity index (χ0v) is 12.2. The molecular weight excluding hydrogens is 279 g/mol. The molecule has 0 fully saturated rings. The van der Waals surface area contributed by atoms with Crippen molar-refractivity contribution in [3.8, 4) is 0 Å². The van der Waals surface area contributed by atoms with Crippen molar-refractivity contribution < 1.29 is 4.39 Å². The maximum absolute atomic E-state index is 13.8. The summed E-state index contributed by atoms with van der Waals surface area (Å²) in [5.74, 6) is -0.301. The van der Waals surface area contributed by atoms with Gasteiger partial charge < -0.3 is 5.73 Å². The Morgan fingerprint density at radius 1 is 1.45 bits per heavy atom. The molecule has 0 saturated carbocycles. The number of nitrogens with one attached hydrogen (secondary N) is 1. The molecule has 2 rings (SSSR count). The molecule has 20 heavy (non-hydrogen) atoms. The van der Waals surface area contributed by atoms with Gasteiger partial charge in [0.25, 0.3) is 0 Å². The molecule has 0 radical (unpaired) electrons. The van der Waals surface area contributed by atoms with Gasteiger partial charge in [0.15, 0.2) is 5.16 Å². The first kappa shape index (κ1) is 14.8. The SMILES string of the molecule is CC(C)n1c(SC(CN)c2ccccc2F)n[nH]c1=O. The van der Waals surface area contributed by atoms with Crippen LogP contribution in [0.4, 0.5) is 4.39 Å². The maximum atomic E-state index is 13.8. The maximum Gasteiger partial charge on any atom is 0.344 e. The number of nitrogens with zero attached hydrogens (tertiary/aromatic N) is 2. The molecular formula is C13H17FN4OS. The zero-order valence-electron chi connectivity index (χ0n) is 11.3. The molecule has 1 atom stereocenters. The molecule has 0 amide bonds. The van der Waals surface area contributed by atoms with Gasteiger partial charge in [-0.2, -0.15) is 0 Å². The Labute approximate surface area is 120 Å². The number of thioether (sulfide) groups is 1. The van der Waals surface area contributed by atoms with E-state index in [9.17, 15) is 9.18 Å². The summed E-state index contributed by atoms with van der Waals surface area (Å²) in [6, 6.07) is 6.48. The highest BCUT2D eigenvalue weighted by molar-refractivity contribution is 7.99. The third-order valence-corrected chi connectivity index (χ3v) is 4.13. The fourth-order valence-corrected chi connectivity index (χ4v) is 3.11. The van der Waals surface area contributed by atoms with Crippen molar-refractivity contribution in [1.82, 2.24) is 14.8 Å². The summed E-state index contributed by atoms with van der Waals surface area (Å²) in [5, 5.41) is 6.64. The van der Waals surface area contributed by atoms with Gasteiger partial charge in [0, 0.05) is 18.2 Å². The largest absolute Gasteiger partial charge is 0.344 e. The van der Waals surface area contributed by atoms with Crippen LogP contribution in [0.5, 0.6) is 0 Å². The molecule has 3 N–H and O–H groups in total. The van der Waals surface area contributed by atoms with E-state index in [0.29, 0.717) is 10.7 Å². The first-order chi connectivity index (χ1) is 9.54. The van der Waals surface area contributed by atoms with E-state index < -0.39 is 0 Å². The van der Waals surface area contributed by atoms with Crippen LogP contribution in [-0.4, -0.2) is 21.3 Å². The van der Waals surface area contributed by atoms with E-state index in [1.165, 1.54) is 22.4 Å². The van der Waals surface area contributed by atoms with Gasteiger partial charge in [-0.15, -0.1) is 5.10 Å². The topological polar surface area (TPSA) is 76.7 Å². The predicted molar refractivity (Wildman–Crippen MR) is 77.3 cm³/mol. The minimum atomic E-state index is -0.301. The van der Waals surface area contributed by atoms with Crippen molar-refractivity contribution in [2.75, 3.05) is 6.54 Å². The monoisotopic (exact) mass is 296 g/mol. The van der Waals surface area contributed by atoms with Gasteiger partial charge in [0.2, 0.25) is 0 Å². The lowest BCUT2D eigenvalue weighted by molar-refractivity contribution is 0.533. The first-order valence-electron chi connectivity index (χ1n) is 6.32. The van der Waals surface area contributed by atoms with Crippen LogP contribution in [0.25, 0.3) is 0 Å². The summed E-state index contributed by atoms with van der Waals surface area (Å²) in [6.45, 7) is 4.04. The molecule has 7 heteroatoms. The number of benzene rings is 1. The number of H-pyrrole nitrogens is 1. The Morgan fingerprint density at radius 3 is 2.75 bits per heavy atom. The number of rotatable bonds is 5. The molecule has 5 nitrogen and oxygen atoms in total. The van der Waals surface area contributed by atoms with Crippen LogP contribution in [0.1, 0.15) is 30.7 Å². The molecule has 2 aromatic rings. The van der Waals surface area contributed by atoms with E-state index in [-0.39, 0.29) is 29.3 Å². The van der Waals surface area contributed by atoms with E-state index in [0.717, 1.165) is 0 Å². The summed E-state index contributed by atoms with van der Waals surface area (Å²) in [7, 11) is 0. The highest BCUT2D eigenvalue weighted by Crippen LogP contribution is 2.34. The molecule has 1 aromatic carbocycles. The summed E-state index contributed by atoms with van der Waals surface area (Å²) in [6.07, 6.45) is 0. The highest BCUT2D eigenvalue weighted by atomic mass is 32.2. The molecule has 108 valence electrons. The summed E-state index contributed by atoms with van der Waals surface area (Å²) in [4.78, 5) is 11.7. The van der Waals surface area contributed by atoms with Crippen LogP contribution in [0, 0.1) is 5.82 Å². The van der Waals surface area contributed by atoms with Crippen LogP contribution in [0.3, 0.4) is 0 Å². The zero-order chi connectivity index (χ0) is 14.7. The minimum absolute atomic E-state index is 0.0252. The average Bonchev–Trinajstić information content (AvgIpc) is 2.78. The third-order valence-electron chi connectivity index (χ3n) is 2.90. The van der Waals surface area contributed by atoms with E-state index >= 15 is 0 Å². The van der Waals surface area contributed by atoms with E-state index in [1.807, 2.05) is 13.8 Å². The fraction of sp³-hybridized carbons (Fsp3) is 0.385. The van der Waals surface area contributed by atoms with Gasteiger partial charge in [-0.1, -0.05) is 30.0 Å². The number of hydrogen-bond donors (Lipinski definition) is 2. The molecule has 0 bridgehead atoms. The summed E-state index contributed by atoms with van der Waals surface area (Å²) in [5.41, 5.74) is 5.99. The quantitative estimate of drug-likeness (QED) is 0.828. The number of halogens is 1. The molecule has 0 saturated heterocycles. The second kappa shape index (κ2) is 6.23. The summed E-state index contributed by atoms with van der Waals surface area (Å²) >= 11 is 1.29. The smallest absolute Gasteiger partial charge is 0.329 e. The number of nitrogens with two attached hydrogens (primary N) is 1. The van der Waals surface area contributed by atoms with Crippen LogP contribution in [-0.2, 0) is 0 Å². The van der Waals surface area contributed by atoms with Gasteiger partial charge in [0.1, 0.15) is 5.82 Å². The van der Waals surface area contributed by atoms with Crippen molar-refractivity contribution in [1.29, 1.82) is 0 Å².